The van der Waals surface area contributed by atoms with Gasteiger partial charge in [-0.3, -0.25) is 0 Å². The minimum Gasteiger partial charge on any atom is -0.388 e. The Kier molecular flexibility index (Phi) is 4.43. The topological polar surface area (TPSA) is 50.9 Å². The van der Waals surface area contributed by atoms with E-state index in [-0.39, 0.29) is 6.61 Å². The van der Waals surface area contributed by atoms with E-state index in [1.807, 2.05) is 11.8 Å². The van der Waals surface area contributed by atoms with Crippen LogP contribution in [-0.2, 0) is 6.61 Å². The van der Waals surface area contributed by atoms with Gasteiger partial charge < -0.3 is 9.67 Å². The van der Waals surface area contributed by atoms with E-state index in [1.165, 1.54) is 51.4 Å². The van der Waals surface area contributed by atoms with Crippen LogP contribution in [0.25, 0.3) is 0 Å². The smallest absolute Gasteiger partial charge is 0.191 e. The largest absolute Gasteiger partial charge is 0.388 e. The molecule has 0 spiro atoms. The lowest BCUT2D eigenvalue weighted by molar-refractivity contribution is 0.263. The Morgan fingerprint density at radius 2 is 1.95 bits per heavy atom. The SMILES string of the molecule is OCc1nnc(SCCCC2CCCC2)n1C1CC1. The van der Waals surface area contributed by atoms with Crippen molar-refractivity contribution in [3.8, 4) is 0 Å². The highest BCUT2D eigenvalue weighted by atomic mass is 32.2. The van der Waals surface area contributed by atoms with Crippen LogP contribution in [0.1, 0.15) is 63.2 Å². The maximum atomic E-state index is 9.29. The van der Waals surface area contributed by atoms with Crippen molar-refractivity contribution >= 4 is 11.8 Å². The van der Waals surface area contributed by atoms with Crippen LogP contribution in [0.5, 0.6) is 0 Å². The fourth-order valence-electron chi connectivity index (χ4n) is 3.05. The number of aliphatic hydroxyl groups is 1. The minimum atomic E-state index is 0.00609. The minimum absolute atomic E-state index is 0.00609. The molecule has 106 valence electrons. The molecule has 2 aliphatic rings. The molecule has 0 aliphatic heterocycles. The molecule has 5 heteroatoms. The van der Waals surface area contributed by atoms with Crippen LogP contribution in [0, 0.1) is 5.92 Å². The first-order valence-electron chi connectivity index (χ1n) is 7.56. The van der Waals surface area contributed by atoms with Gasteiger partial charge in [-0.25, -0.2) is 0 Å². The van der Waals surface area contributed by atoms with Crippen molar-refractivity contribution in [1.82, 2.24) is 14.8 Å². The second-order valence-electron chi connectivity index (χ2n) is 5.80. The van der Waals surface area contributed by atoms with Gasteiger partial charge in [0.25, 0.3) is 0 Å². The number of hydrogen-bond acceptors (Lipinski definition) is 4. The van der Waals surface area contributed by atoms with Crippen LogP contribution in [0.3, 0.4) is 0 Å². The molecule has 1 aromatic heterocycles. The van der Waals surface area contributed by atoms with Crippen molar-refractivity contribution in [2.75, 3.05) is 5.75 Å². The van der Waals surface area contributed by atoms with E-state index in [4.69, 9.17) is 0 Å². The first kappa shape index (κ1) is 13.4. The predicted molar refractivity (Wildman–Crippen MR) is 76.1 cm³/mol. The van der Waals surface area contributed by atoms with Gasteiger partial charge in [-0.05, 0) is 31.6 Å². The molecular formula is C14H23N3OS. The van der Waals surface area contributed by atoms with Crippen LogP contribution < -0.4 is 0 Å². The normalized spacial score (nSPS) is 20.3. The number of rotatable bonds is 7. The summed E-state index contributed by atoms with van der Waals surface area (Å²) in [5.74, 6) is 2.85. The van der Waals surface area contributed by atoms with E-state index in [2.05, 4.69) is 14.8 Å². The lowest BCUT2D eigenvalue weighted by atomic mass is 10.0. The predicted octanol–water partition coefficient (Wildman–Crippen LogP) is 3.17. The molecule has 0 atom stereocenters. The quantitative estimate of drug-likeness (QED) is 0.616. The van der Waals surface area contributed by atoms with Crippen molar-refractivity contribution in [2.45, 2.75) is 69.2 Å². The van der Waals surface area contributed by atoms with Gasteiger partial charge in [0.15, 0.2) is 11.0 Å². The van der Waals surface area contributed by atoms with E-state index in [0.717, 1.165) is 22.7 Å². The second-order valence-corrected chi connectivity index (χ2v) is 6.86. The second kappa shape index (κ2) is 6.27. The zero-order valence-electron chi connectivity index (χ0n) is 11.4. The fourth-order valence-corrected chi connectivity index (χ4v) is 4.03. The third kappa shape index (κ3) is 3.31. The summed E-state index contributed by atoms with van der Waals surface area (Å²) in [7, 11) is 0. The van der Waals surface area contributed by atoms with Crippen LogP contribution in [-0.4, -0.2) is 25.6 Å². The summed E-state index contributed by atoms with van der Waals surface area (Å²) in [4.78, 5) is 0. The zero-order valence-corrected chi connectivity index (χ0v) is 12.2. The standard InChI is InChI=1S/C14H23N3OS/c18-10-13-15-16-14(17(13)12-7-8-12)19-9-3-6-11-4-1-2-5-11/h11-12,18H,1-10H2. The van der Waals surface area contributed by atoms with E-state index >= 15 is 0 Å². The molecule has 19 heavy (non-hydrogen) atoms. The zero-order chi connectivity index (χ0) is 13.1. The maximum absolute atomic E-state index is 9.29. The van der Waals surface area contributed by atoms with Crippen LogP contribution in [0.15, 0.2) is 5.16 Å². The van der Waals surface area contributed by atoms with Gasteiger partial charge in [0.05, 0.1) is 0 Å². The Morgan fingerprint density at radius 3 is 2.63 bits per heavy atom. The average Bonchev–Trinajstić information content (AvgIpc) is 2.98. The average molecular weight is 281 g/mol. The first-order valence-corrected chi connectivity index (χ1v) is 8.54. The number of aliphatic hydroxyl groups excluding tert-OH is 1. The molecule has 2 aliphatic carbocycles. The molecule has 0 unspecified atom stereocenters. The maximum Gasteiger partial charge on any atom is 0.191 e. The molecule has 0 saturated heterocycles. The molecule has 2 saturated carbocycles. The summed E-state index contributed by atoms with van der Waals surface area (Å²) in [6.45, 7) is 0.00609. The number of hydrogen-bond donors (Lipinski definition) is 1. The summed E-state index contributed by atoms with van der Waals surface area (Å²) >= 11 is 1.81. The highest BCUT2D eigenvalue weighted by Gasteiger charge is 2.29. The van der Waals surface area contributed by atoms with E-state index in [0.29, 0.717) is 6.04 Å². The van der Waals surface area contributed by atoms with Gasteiger partial charge >= 0.3 is 0 Å². The molecule has 0 aromatic carbocycles. The summed E-state index contributed by atoms with van der Waals surface area (Å²) in [6.07, 6.45) is 10.8. The molecule has 2 fully saturated rings. The summed E-state index contributed by atoms with van der Waals surface area (Å²) < 4.78 is 2.15. The Hall–Kier alpha value is -0.550. The van der Waals surface area contributed by atoms with Crippen molar-refractivity contribution in [3.05, 3.63) is 5.82 Å². The van der Waals surface area contributed by atoms with Crippen LogP contribution in [0.2, 0.25) is 0 Å². The molecule has 3 rings (SSSR count). The summed E-state index contributed by atoms with van der Waals surface area (Å²) in [5, 5.41) is 18.6. The Balaban J connectivity index is 1.48. The molecule has 4 nitrogen and oxygen atoms in total. The van der Waals surface area contributed by atoms with E-state index < -0.39 is 0 Å². The van der Waals surface area contributed by atoms with Crippen molar-refractivity contribution in [2.24, 2.45) is 5.92 Å². The molecule has 1 heterocycles. The van der Waals surface area contributed by atoms with Gasteiger partial charge in [-0.1, -0.05) is 37.4 Å². The number of nitrogens with zero attached hydrogens (tertiary/aromatic N) is 3. The number of aromatic nitrogens is 3. The highest BCUT2D eigenvalue weighted by Crippen LogP contribution is 2.39. The molecule has 0 bridgehead atoms. The lowest BCUT2D eigenvalue weighted by Crippen LogP contribution is -2.03. The van der Waals surface area contributed by atoms with E-state index in [1.54, 1.807) is 0 Å². The van der Waals surface area contributed by atoms with Crippen molar-refractivity contribution in [3.63, 3.8) is 0 Å². The van der Waals surface area contributed by atoms with Gasteiger partial charge in [-0.15, -0.1) is 10.2 Å². The highest BCUT2D eigenvalue weighted by molar-refractivity contribution is 7.99. The van der Waals surface area contributed by atoms with Gasteiger partial charge in [-0.2, -0.15) is 0 Å². The van der Waals surface area contributed by atoms with Crippen molar-refractivity contribution < 1.29 is 5.11 Å². The molecule has 1 aromatic rings. The molecule has 0 radical (unpaired) electrons. The fraction of sp³-hybridized carbons (Fsp3) is 0.857. The van der Waals surface area contributed by atoms with Crippen LogP contribution >= 0.6 is 11.8 Å². The monoisotopic (exact) mass is 281 g/mol. The molecular weight excluding hydrogens is 258 g/mol. The Labute approximate surface area is 119 Å². The molecule has 0 amide bonds. The summed E-state index contributed by atoms with van der Waals surface area (Å²) in [6, 6.07) is 0.550. The Morgan fingerprint density at radius 1 is 1.16 bits per heavy atom. The lowest BCUT2D eigenvalue weighted by Gasteiger charge is -2.09. The van der Waals surface area contributed by atoms with Crippen molar-refractivity contribution in [1.29, 1.82) is 0 Å². The summed E-state index contributed by atoms with van der Waals surface area (Å²) in [5.41, 5.74) is 0. The molecule has 1 N–H and O–H groups in total. The van der Waals surface area contributed by atoms with E-state index in [9.17, 15) is 5.11 Å². The third-order valence-corrected chi connectivity index (χ3v) is 5.28. The first-order chi connectivity index (χ1) is 9.38. The van der Waals surface area contributed by atoms with Gasteiger partial charge in [0.2, 0.25) is 0 Å². The van der Waals surface area contributed by atoms with Crippen LogP contribution in [0.4, 0.5) is 0 Å². The Bertz CT molecular complexity index is 411. The number of thioether (sulfide) groups is 1. The van der Waals surface area contributed by atoms with Gasteiger partial charge in [0.1, 0.15) is 6.61 Å². The van der Waals surface area contributed by atoms with Gasteiger partial charge in [0, 0.05) is 11.8 Å². The third-order valence-electron chi connectivity index (χ3n) is 4.25.